The van der Waals surface area contributed by atoms with Crippen LogP contribution in [0.3, 0.4) is 0 Å². The summed E-state index contributed by atoms with van der Waals surface area (Å²) in [5.41, 5.74) is -0.372. The molecule has 28 heavy (non-hydrogen) atoms. The normalized spacial score (nSPS) is 16.4. The molecule has 1 aromatic carbocycles. The molecular weight excluding hydrogens is 397 g/mol. The minimum atomic E-state index is -4.80. The quantitative estimate of drug-likeness (QED) is 0.743. The van der Waals surface area contributed by atoms with Crippen molar-refractivity contribution in [1.82, 2.24) is 4.90 Å². The van der Waals surface area contributed by atoms with Crippen molar-refractivity contribution >= 4 is 35.0 Å². The van der Waals surface area contributed by atoms with E-state index >= 15 is 0 Å². The van der Waals surface area contributed by atoms with Crippen molar-refractivity contribution in [1.29, 1.82) is 0 Å². The van der Waals surface area contributed by atoms with Gasteiger partial charge in [0, 0.05) is 17.2 Å². The van der Waals surface area contributed by atoms with Crippen molar-refractivity contribution in [3.8, 4) is 5.75 Å². The zero-order valence-electron chi connectivity index (χ0n) is 15.4. The van der Waals surface area contributed by atoms with E-state index in [9.17, 15) is 27.6 Å². The first-order valence-corrected chi connectivity index (χ1v) is 9.19. The van der Waals surface area contributed by atoms with Gasteiger partial charge >= 0.3 is 6.36 Å². The number of nitrogens with one attached hydrogen (secondary N) is 1. The molecule has 1 N–H and O–H groups in total. The maximum atomic E-state index is 12.2. The lowest BCUT2D eigenvalue weighted by atomic mass is 9.91. The molecule has 1 saturated heterocycles. The highest BCUT2D eigenvalue weighted by Crippen LogP contribution is 2.30. The number of rotatable bonds is 5. The summed E-state index contributed by atoms with van der Waals surface area (Å²) in [5.74, 6) is -1.31. The fourth-order valence-electron chi connectivity index (χ4n) is 2.11. The number of thioether (sulfide) groups is 1. The first-order valence-electron chi connectivity index (χ1n) is 8.20. The molecule has 2 rings (SSSR count). The standard InChI is InChI=1S/C18H19F3N2O4S/c1-17(2,3)13(24)8-16-23(15(26)10-28-16)9-14(25)22-11-4-6-12(7-5-11)27-18(19,20)21/h4-8H,9-10H2,1-3H3,(H,22,25)/b16-8-. The fraction of sp³-hybridized carbons (Fsp3) is 0.389. The topological polar surface area (TPSA) is 75.7 Å². The van der Waals surface area contributed by atoms with Crippen LogP contribution in [-0.4, -0.2) is 41.2 Å². The lowest BCUT2D eigenvalue weighted by Gasteiger charge is -2.19. The Kier molecular flexibility index (Phi) is 6.43. The molecule has 0 aliphatic carbocycles. The Hall–Kier alpha value is -2.49. The number of hydrogen-bond donors (Lipinski definition) is 1. The number of alkyl halides is 3. The molecule has 0 radical (unpaired) electrons. The molecule has 0 atom stereocenters. The summed E-state index contributed by atoms with van der Waals surface area (Å²) in [6.07, 6.45) is -3.45. The van der Waals surface area contributed by atoms with Gasteiger partial charge in [0.15, 0.2) is 5.78 Å². The lowest BCUT2D eigenvalue weighted by Crippen LogP contribution is -2.34. The van der Waals surface area contributed by atoms with Crippen LogP contribution in [0.25, 0.3) is 0 Å². The van der Waals surface area contributed by atoms with Crippen LogP contribution in [0.5, 0.6) is 5.75 Å². The highest BCUT2D eigenvalue weighted by Gasteiger charge is 2.32. The van der Waals surface area contributed by atoms with Crippen molar-refractivity contribution in [2.75, 3.05) is 17.6 Å². The second-order valence-electron chi connectivity index (χ2n) is 6.99. The number of anilines is 1. The van der Waals surface area contributed by atoms with E-state index in [0.717, 1.165) is 12.1 Å². The van der Waals surface area contributed by atoms with E-state index < -0.39 is 23.4 Å². The van der Waals surface area contributed by atoms with Crippen molar-refractivity contribution < 1.29 is 32.3 Å². The lowest BCUT2D eigenvalue weighted by molar-refractivity contribution is -0.274. The van der Waals surface area contributed by atoms with Gasteiger partial charge in [0.05, 0.1) is 10.8 Å². The van der Waals surface area contributed by atoms with Crippen LogP contribution in [0.15, 0.2) is 35.4 Å². The number of carbonyl (C=O) groups excluding carboxylic acids is 3. The van der Waals surface area contributed by atoms with Gasteiger partial charge in [-0.1, -0.05) is 32.5 Å². The van der Waals surface area contributed by atoms with Crippen LogP contribution in [0.1, 0.15) is 20.8 Å². The molecule has 6 nitrogen and oxygen atoms in total. The van der Waals surface area contributed by atoms with Crippen LogP contribution in [-0.2, 0) is 14.4 Å². The Bertz CT molecular complexity index is 799. The minimum absolute atomic E-state index is 0.125. The molecule has 152 valence electrons. The summed E-state index contributed by atoms with van der Waals surface area (Å²) < 4.78 is 40.2. The Morgan fingerprint density at radius 2 is 1.82 bits per heavy atom. The van der Waals surface area contributed by atoms with Gasteiger partial charge in [-0.3, -0.25) is 19.3 Å². The Balaban J connectivity index is 2.02. The number of benzene rings is 1. The van der Waals surface area contributed by atoms with E-state index in [1.54, 1.807) is 20.8 Å². The second-order valence-corrected chi connectivity index (χ2v) is 7.98. The number of hydrogen-bond acceptors (Lipinski definition) is 5. The molecule has 0 spiro atoms. The minimum Gasteiger partial charge on any atom is -0.406 e. The van der Waals surface area contributed by atoms with Crippen LogP contribution in [0.4, 0.5) is 18.9 Å². The van der Waals surface area contributed by atoms with E-state index in [1.807, 2.05) is 0 Å². The maximum Gasteiger partial charge on any atom is 0.573 e. The van der Waals surface area contributed by atoms with Gasteiger partial charge in [0.1, 0.15) is 12.3 Å². The zero-order valence-corrected chi connectivity index (χ0v) is 16.2. The average Bonchev–Trinajstić information content (AvgIpc) is 2.87. The number of ketones is 1. The van der Waals surface area contributed by atoms with Crippen molar-refractivity contribution in [2.24, 2.45) is 5.41 Å². The predicted octanol–water partition coefficient (Wildman–Crippen LogP) is 3.56. The number of halogens is 3. The van der Waals surface area contributed by atoms with Gasteiger partial charge in [0.25, 0.3) is 0 Å². The Morgan fingerprint density at radius 3 is 2.36 bits per heavy atom. The molecule has 2 amide bonds. The fourth-order valence-corrected chi connectivity index (χ4v) is 3.05. The average molecular weight is 416 g/mol. The predicted molar refractivity (Wildman–Crippen MR) is 98.5 cm³/mol. The van der Waals surface area contributed by atoms with Gasteiger partial charge in [-0.05, 0) is 24.3 Å². The van der Waals surface area contributed by atoms with Gasteiger partial charge in [-0.15, -0.1) is 13.2 Å². The molecule has 1 aliphatic heterocycles. The molecule has 1 heterocycles. The highest BCUT2D eigenvalue weighted by atomic mass is 32.2. The first-order chi connectivity index (χ1) is 12.8. The van der Waals surface area contributed by atoms with E-state index in [0.29, 0.717) is 5.03 Å². The maximum absolute atomic E-state index is 12.2. The second kappa shape index (κ2) is 8.26. The van der Waals surface area contributed by atoms with E-state index in [4.69, 9.17) is 0 Å². The molecular formula is C18H19F3N2O4S. The number of allylic oxidation sites excluding steroid dienone is 1. The van der Waals surface area contributed by atoms with Crippen molar-refractivity contribution in [2.45, 2.75) is 27.1 Å². The number of carbonyl (C=O) groups is 3. The van der Waals surface area contributed by atoms with Crippen LogP contribution < -0.4 is 10.1 Å². The van der Waals surface area contributed by atoms with E-state index in [2.05, 4.69) is 10.1 Å². The summed E-state index contributed by atoms with van der Waals surface area (Å²) >= 11 is 1.17. The van der Waals surface area contributed by atoms with Crippen LogP contribution in [0, 0.1) is 5.41 Å². The molecule has 0 bridgehead atoms. The van der Waals surface area contributed by atoms with E-state index in [1.165, 1.54) is 34.9 Å². The molecule has 0 unspecified atom stereocenters. The third-order valence-electron chi connectivity index (χ3n) is 3.58. The molecule has 10 heteroatoms. The number of amides is 2. The molecule has 1 aromatic rings. The number of nitrogens with zero attached hydrogens (tertiary/aromatic N) is 1. The van der Waals surface area contributed by atoms with Crippen LogP contribution in [0.2, 0.25) is 0 Å². The monoisotopic (exact) mass is 416 g/mol. The first kappa shape index (κ1) is 21.8. The molecule has 0 saturated carbocycles. The zero-order chi connectivity index (χ0) is 21.1. The summed E-state index contributed by atoms with van der Waals surface area (Å²) in [6.45, 7) is 4.93. The summed E-state index contributed by atoms with van der Waals surface area (Å²) in [5, 5.41) is 2.89. The van der Waals surface area contributed by atoms with Crippen molar-refractivity contribution in [3.63, 3.8) is 0 Å². The Morgan fingerprint density at radius 1 is 1.21 bits per heavy atom. The van der Waals surface area contributed by atoms with Gasteiger partial charge in [-0.2, -0.15) is 0 Å². The molecule has 1 fully saturated rings. The third-order valence-corrected chi connectivity index (χ3v) is 4.60. The number of ether oxygens (including phenoxy) is 1. The summed E-state index contributed by atoms with van der Waals surface area (Å²) in [7, 11) is 0. The van der Waals surface area contributed by atoms with Gasteiger partial charge in [0.2, 0.25) is 11.8 Å². The molecule has 0 aromatic heterocycles. The SMILES string of the molecule is CC(C)(C)C(=O)/C=C1\SCC(=O)N1CC(=O)Nc1ccc(OC(F)(F)F)cc1. The van der Waals surface area contributed by atoms with Gasteiger partial charge < -0.3 is 10.1 Å². The highest BCUT2D eigenvalue weighted by molar-refractivity contribution is 8.04. The summed E-state index contributed by atoms with van der Waals surface area (Å²) in [4.78, 5) is 37.6. The summed E-state index contributed by atoms with van der Waals surface area (Å²) in [6, 6.07) is 4.62. The third kappa shape index (κ3) is 6.29. The smallest absolute Gasteiger partial charge is 0.406 e. The molecule has 1 aliphatic rings. The van der Waals surface area contributed by atoms with Crippen LogP contribution >= 0.6 is 11.8 Å². The Labute approximate surface area is 164 Å². The van der Waals surface area contributed by atoms with Crippen molar-refractivity contribution in [3.05, 3.63) is 35.4 Å². The van der Waals surface area contributed by atoms with E-state index in [-0.39, 0.29) is 29.7 Å². The largest absolute Gasteiger partial charge is 0.573 e. The van der Waals surface area contributed by atoms with Gasteiger partial charge in [-0.25, -0.2) is 0 Å².